The molecule has 0 rings (SSSR count). The van der Waals surface area contributed by atoms with Gasteiger partial charge >= 0.3 is 23.9 Å². The predicted octanol–water partition coefficient (Wildman–Crippen LogP) is 15.8. The zero-order chi connectivity index (χ0) is 65.5. The quantitative estimate of drug-likeness (QED) is 0.0744. The summed E-state index contributed by atoms with van der Waals surface area (Å²) in [6.07, 6.45) is 1.47. The van der Waals surface area contributed by atoms with E-state index in [-0.39, 0.29) is 82.4 Å². The summed E-state index contributed by atoms with van der Waals surface area (Å²) in [6, 6.07) is -0.795. The number of ether oxygens (including phenoxy) is 8. The number of nitrogens with two attached hydrogens (primary N) is 1. The molecule has 79 heavy (non-hydrogen) atoms. The van der Waals surface area contributed by atoms with Gasteiger partial charge in [-0.05, 0) is 192 Å². The molecule has 0 saturated heterocycles. The summed E-state index contributed by atoms with van der Waals surface area (Å²) in [5, 5.41) is 0. The molecule has 0 amide bonds. The first-order valence-corrected chi connectivity index (χ1v) is 28.6. The molecule has 476 valence electrons. The Kier molecular flexibility index (Phi) is 45.1. The van der Waals surface area contributed by atoms with Crippen LogP contribution in [0, 0.1) is 34.0 Å². The van der Waals surface area contributed by atoms with Crippen molar-refractivity contribution in [3.05, 3.63) is 0 Å². The molecule has 0 saturated carbocycles. The van der Waals surface area contributed by atoms with Gasteiger partial charge in [0, 0.05) is 29.6 Å². The number of hydrogen-bond acceptors (Lipinski definition) is 15. The van der Waals surface area contributed by atoms with Gasteiger partial charge in [0.15, 0.2) is 6.29 Å². The van der Waals surface area contributed by atoms with Gasteiger partial charge in [0.2, 0.25) is 0 Å². The topological polar surface area (TPSA) is 202 Å². The molecule has 0 bridgehead atoms. The highest BCUT2D eigenvalue weighted by Crippen LogP contribution is 2.28. The Morgan fingerprint density at radius 1 is 0.418 bits per heavy atom. The molecule has 0 aliphatic rings. The summed E-state index contributed by atoms with van der Waals surface area (Å²) < 4.78 is 41.9. The average molecular weight is 1140 g/mol. The lowest BCUT2D eigenvalue weighted by molar-refractivity contribution is -0.170. The molecule has 15 nitrogen and oxygen atoms in total. The van der Waals surface area contributed by atoms with Crippen LogP contribution in [-0.2, 0) is 66.7 Å². The third-order valence-electron chi connectivity index (χ3n) is 8.21. The molecule has 0 aromatic carbocycles. The van der Waals surface area contributed by atoms with Crippen molar-refractivity contribution in [1.29, 1.82) is 0 Å². The summed E-state index contributed by atoms with van der Waals surface area (Å²) in [5.74, 6) is -0.614. The summed E-state index contributed by atoms with van der Waals surface area (Å²) >= 11 is 0. The van der Waals surface area contributed by atoms with Crippen molar-refractivity contribution in [2.45, 2.75) is 341 Å². The molecule has 0 spiro atoms. The first-order valence-electron chi connectivity index (χ1n) is 28.6. The van der Waals surface area contributed by atoms with Gasteiger partial charge in [-0.1, -0.05) is 83.1 Å². The SMILES string of the molecule is CC(C)(C)C(=O)C(C)(C)C.CC(C)(C)OC(=O)CCC(N)C(=O)OC(C)(C)C.CC(C)(C)OC(C)(C)C.CC(C)(C)OCOC(C)(C)C.CC(C)C(=O)OC(=O)C(C)(C)C.CC(C)CC(=O)C(C)C.CC(C)OC(C)OC(C)C. The second-order valence-electron chi connectivity index (χ2n) is 30.3. The molecular weight excluding hydrogens is 1010 g/mol. The minimum atomic E-state index is -0.795. The van der Waals surface area contributed by atoms with Crippen LogP contribution in [0.3, 0.4) is 0 Å². The third-order valence-corrected chi connectivity index (χ3v) is 8.21. The van der Waals surface area contributed by atoms with Gasteiger partial charge in [-0.15, -0.1) is 0 Å². The summed E-state index contributed by atoms with van der Waals surface area (Å²) in [5.41, 5.74) is 3.32. The van der Waals surface area contributed by atoms with Gasteiger partial charge < -0.3 is 43.6 Å². The van der Waals surface area contributed by atoms with Gasteiger partial charge in [-0.3, -0.25) is 28.8 Å². The molecule has 0 heterocycles. The predicted molar refractivity (Wildman–Crippen MR) is 327 cm³/mol. The Morgan fingerprint density at radius 2 is 0.759 bits per heavy atom. The van der Waals surface area contributed by atoms with Crippen molar-refractivity contribution >= 4 is 35.4 Å². The highest BCUT2D eigenvalue weighted by Gasteiger charge is 2.32. The normalized spacial score (nSPS) is 12.9. The Bertz CT molecular complexity index is 1600. The molecule has 0 aliphatic carbocycles. The van der Waals surface area contributed by atoms with Crippen LogP contribution in [0.25, 0.3) is 0 Å². The monoisotopic (exact) mass is 1140 g/mol. The van der Waals surface area contributed by atoms with Crippen molar-refractivity contribution in [2.24, 2.45) is 39.7 Å². The fraction of sp³-hybridized carbons (Fsp3) is 0.906. The Hall–Kier alpha value is -2.82. The van der Waals surface area contributed by atoms with Crippen molar-refractivity contribution in [2.75, 3.05) is 6.79 Å². The van der Waals surface area contributed by atoms with Gasteiger partial charge in [0.1, 0.15) is 35.6 Å². The van der Waals surface area contributed by atoms with E-state index in [0.717, 1.165) is 6.42 Å². The van der Waals surface area contributed by atoms with Crippen LogP contribution < -0.4 is 5.73 Å². The van der Waals surface area contributed by atoms with Crippen LogP contribution in [0.5, 0.6) is 0 Å². The maximum absolute atomic E-state index is 11.6. The van der Waals surface area contributed by atoms with Crippen LogP contribution in [0.2, 0.25) is 0 Å². The fourth-order valence-electron chi connectivity index (χ4n) is 5.39. The third kappa shape index (κ3) is 77.3. The average Bonchev–Trinajstić information content (AvgIpc) is 3.12. The molecule has 1 unspecified atom stereocenters. The number of Topliss-reactive ketones (excluding diaryl/α,β-unsaturated/α-hetero) is 2. The van der Waals surface area contributed by atoms with E-state index >= 15 is 0 Å². The minimum absolute atomic E-state index is 0.0156. The number of rotatable bonds is 14. The van der Waals surface area contributed by atoms with E-state index in [1.807, 2.05) is 132 Å². The van der Waals surface area contributed by atoms with Gasteiger partial charge in [0.25, 0.3) is 0 Å². The maximum atomic E-state index is 11.6. The minimum Gasteiger partial charge on any atom is -0.460 e. The van der Waals surface area contributed by atoms with Crippen LogP contribution in [0.15, 0.2) is 0 Å². The van der Waals surface area contributed by atoms with E-state index in [4.69, 9.17) is 38.9 Å². The summed E-state index contributed by atoms with van der Waals surface area (Å²) in [7, 11) is 0. The molecule has 0 fully saturated rings. The van der Waals surface area contributed by atoms with Crippen LogP contribution in [0.1, 0.15) is 282 Å². The number of hydrogen-bond donors (Lipinski definition) is 1. The van der Waals surface area contributed by atoms with Crippen LogP contribution in [-0.4, -0.2) is 100 Å². The standard InChI is InChI=1S/C13H25NO4.C9H16O3.C9H20O2.C9H18O.C8H18O2.C8H18O.C8H16O/c1-12(2,3)17-10(15)8-7-9(14)11(16)18-13(4,5)6;1-6(2)7(10)12-8(11)9(3,4)5;1-8(2,3)10-7-11-9(4,5)6;1-8(2,3)7(10)9(4,5)6;1-6(2)9-8(5)10-7(3)4;1-7(2,3)9-8(4,5)6;1-6(2)5-8(9)7(3)4/h9H,7-8,14H2,1-6H3;6H,1-5H3;7H2,1-6H3;1-6H3;6-8H,1-5H3;1-6H3;6-7H,5H2,1-4H3. The number of ketones is 2. The molecule has 2 N–H and O–H groups in total. The van der Waals surface area contributed by atoms with E-state index in [0.29, 0.717) is 24.3 Å². The van der Waals surface area contributed by atoms with E-state index in [2.05, 4.69) is 60.1 Å². The smallest absolute Gasteiger partial charge is 0.323 e. The van der Waals surface area contributed by atoms with E-state index in [9.17, 15) is 28.8 Å². The first kappa shape index (κ1) is 90.0. The van der Waals surface area contributed by atoms with Gasteiger partial charge in [-0.25, -0.2) is 0 Å². The zero-order valence-corrected chi connectivity index (χ0v) is 58.7. The second-order valence-corrected chi connectivity index (χ2v) is 30.3. The summed E-state index contributed by atoms with van der Waals surface area (Å²) in [6.45, 7) is 73.8. The number of esters is 4. The lowest BCUT2D eigenvalue weighted by atomic mass is 9.76. The molecule has 15 heteroatoms. The van der Waals surface area contributed by atoms with Crippen molar-refractivity contribution < 1.29 is 66.7 Å². The molecule has 0 aliphatic heterocycles. The largest absolute Gasteiger partial charge is 0.460 e. The van der Waals surface area contributed by atoms with E-state index < -0.39 is 40.6 Å². The molecule has 1 atom stereocenters. The first-order chi connectivity index (χ1) is 34.3. The lowest BCUT2D eigenvalue weighted by Crippen LogP contribution is -2.38. The maximum Gasteiger partial charge on any atom is 0.323 e. The van der Waals surface area contributed by atoms with Crippen molar-refractivity contribution in [3.63, 3.8) is 0 Å². The highest BCUT2D eigenvalue weighted by molar-refractivity contribution is 5.89. The second kappa shape index (κ2) is 39.6. The van der Waals surface area contributed by atoms with Crippen LogP contribution >= 0.6 is 0 Å². The lowest BCUT2D eigenvalue weighted by Gasteiger charge is -2.30. The fourth-order valence-corrected chi connectivity index (χ4v) is 5.39. The van der Waals surface area contributed by atoms with Gasteiger partial charge in [0.05, 0.1) is 45.9 Å². The van der Waals surface area contributed by atoms with Gasteiger partial charge in [-0.2, -0.15) is 0 Å². The highest BCUT2D eigenvalue weighted by atomic mass is 16.7. The zero-order valence-electron chi connectivity index (χ0n) is 58.7. The van der Waals surface area contributed by atoms with E-state index in [1.54, 1.807) is 76.2 Å². The van der Waals surface area contributed by atoms with Crippen molar-refractivity contribution in [3.8, 4) is 0 Å². The van der Waals surface area contributed by atoms with E-state index in [1.165, 1.54) is 0 Å². The summed E-state index contributed by atoms with van der Waals surface area (Å²) in [4.78, 5) is 67.5. The Balaban J connectivity index is -0.000000155. The Morgan fingerprint density at radius 3 is 0.949 bits per heavy atom. The number of carbonyl (C=O) groups is 6. The Labute approximate surface area is 487 Å². The molecule has 0 aromatic heterocycles. The van der Waals surface area contributed by atoms with Crippen molar-refractivity contribution in [1.82, 2.24) is 0 Å². The molecular formula is C64H131NO14. The van der Waals surface area contributed by atoms with Crippen LogP contribution in [0.4, 0.5) is 0 Å². The number of carbonyl (C=O) groups excluding carboxylic acids is 6. The molecule has 0 radical (unpaired) electrons. The molecule has 0 aromatic rings.